The molecule has 0 atom stereocenters. The predicted molar refractivity (Wildman–Crippen MR) is 104 cm³/mol. The SMILES string of the molecule is COc1ccccc1NC(=O)CSc1nnc(-c2c[nH]c3ccccc23)o1. The minimum absolute atomic E-state index is 0.146. The Morgan fingerprint density at radius 3 is 2.89 bits per heavy atom. The van der Waals surface area contributed by atoms with Gasteiger partial charge in [0, 0.05) is 17.1 Å². The van der Waals surface area contributed by atoms with Gasteiger partial charge in [0.2, 0.25) is 5.91 Å². The van der Waals surface area contributed by atoms with E-state index in [0.29, 0.717) is 22.6 Å². The van der Waals surface area contributed by atoms with Crippen LogP contribution in [0, 0.1) is 0 Å². The van der Waals surface area contributed by atoms with Gasteiger partial charge in [-0.2, -0.15) is 0 Å². The van der Waals surface area contributed by atoms with Gasteiger partial charge >= 0.3 is 0 Å². The van der Waals surface area contributed by atoms with Crippen LogP contribution in [0.2, 0.25) is 0 Å². The molecule has 2 aromatic heterocycles. The van der Waals surface area contributed by atoms with Gasteiger partial charge in [-0.25, -0.2) is 0 Å². The third-order valence-electron chi connectivity index (χ3n) is 3.93. The van der Waals surface area contributed by atoms with Crippen molar-refractivity contribution in [2.24, 2.45) is 0 Å². The fraction of sp³-hybridized carbons (Fsp3) is 0.105. The Hall–Kier alpha value is -3.26. The number of ether oxygens (including phenoxy) is 1. The van der Waals surface area contributed by atoms with E-state index in [9.17, 15) is 4.79 Å². The second-order valence-corrected chi connectivity index (χ2v) is 6.58. The summed E-state index contributed by atoms with van der Waals surface area (Å²) in [6.45, 7) is 0. The highest BCUT2D eigenvalue weighted by atomic mass is 32.2. The maximum atomic E-state index is 12.2. The quantitative estimate of drug-likeness (QED) is 0.492. The zero-order valence-corrected chi connectivity index (χ0v) is 15.2. The van der Waals surface area contributed by atoms with E-state index in [1.54, 1.807) is 19.2 Å². The smallest absolute Gasteiger partial charge is 0.277 e. The van der Waals surface area contributed by atoms with Crippen molar-refractivity contribution < 1.29 is 13.9 Å². The molecular weight excluding hydrogens is 364 g/mol. The summed E-state index contributed by atoms with van der Waals surface area (Å²) in [5.74, 6) is 0.986. The largest absolute Gasteiger partial charge is 0.495 e. The number of hydrogen-bond donors (Lipinski definition) is 2. The molecule has 2 heterocycles. The van der Waals surface area contributed by atoms with Crippen molar-refractivity contribution in [3.8, 4) is 17.2 Å². The van der Waals surface area contributed by atoms with Crippen molar-refractivity contribution >= 4 is 34.3 Å². The molecule has 0 radical (unpaired) electrons. The third-order valence-corrected chi connectivity index (χ3v) is 4.75. The summed E-state index contributed by atoms with van der Waals surface area (Å²) >= 11 is 1.18. The third kappa shape index (κ3) is 3.65. The Morgan fingerprint density at radius 1 is 1.19 bits per heavy atom. The van der Waals surface area contributed by atoms with Crippen molar-refractivity contribution in [1.82, 2.24) is 15.2 Å². The lowest BCUT2D eigenvalue weighted by Crippen LogP contribution is -2.14. The zero-order valence-electron chi connectivity index (χ0n) is 14.4. The summed E-state index contributed by atoms with van der Waals surface area (Å²) in [6.07, 6.45) is 1.83. The highest BCUT2D eigenvalue weighted by Crippen LogP contribution is 2.29. The van der Waals surface area contributed by atoms with Crippen LogP contribution in [0.15, 0.2) is 64.4 Å². The van der Waals surface area contributed by atoms with Gasteiger partial charge in [0.15, 0.2) is 0 Å². The molecule has 0 saturated heterocycles. The molecule has 0 aliphatic heterocycles. The Balaban J connectivity index is 1.42. The van der Waals surface area contributed by atoms with Crippen molar-refractivity contribution in [3.05, 3.63) is 54.7 Å². The molecule has 27 heavy (non-hydrogen) atoms. The van der Waals surface area contributed by atoms with E-state index in [2.05, 4.69) is 20.5 Å². The molecule has 0 saturated carbocycles. The zero-order chi connectivity index (χ0) is 18.6. The minimum atomic E-state index is -0.184. The van der Waals surface area contributed by atoms with Crippen LogP contribution in [0.25, 0.3) is 22.4 Å². The second kappa shape index (κ2) is 7.55. The van der Waals surface area contributed by atoms with Gasteiger partial charge < -0.3 is 19.5 Å². The molecule has 8 heteroatoms. The van der Waals surface area contributed by atoms with E-state index in [4.69, 9.17) is 9.15 Å². The van der Waals surface area contributed by atoms with Crippen LogP contribution in [-0.4, -0.2) is 34.0 Å². The first kappa shape index (κ1) is 17.2. The molecular formula is C19H16N4O3S. The van der Waals surface area contributed by atoms with Crippen molar-refractivity contribution in [1.29, 1.82) is 0 Å². The molecule has 0 aliphatic rings. The monoisotopic (exact) mass is 380 g/mol. The lowest BCUT2D eigenvalue weighted by atomic mass is 10.2. The van der Waals surface area contributed by atoms with Crippen molar-refractivity contribution in [2.75, 3.05) is 18.2 Å². The first-order valence-corrected chi connectivity index (χ1v) is 9.19. The fourth-order valence-electron chi connectivity index (χ4n) is 2.69. The lowest BCUT2D eigenvalue weighted by Gasteiger charge is -2.08. The number of methoxy groups -OCH3 is 1. The molecule has 0 spiro atoms. The second-order valence-electron chi connectivity index (χ2n) is 5.66. The number of H-pyrrole nitrogens is 1. The van der Waals surface area contributed by atoms with E-state index < -0.39 is 0 Å². The summed E-state index contributed by atoms with van der Waals surface area (Å²) in [5.41, 5.74) is 2.45. The summed E-state index contributed by atoms with van der Waals surface area (Å²) in [5, 5.41) is 12.3. The summed E-state index contributed by atoms with van der Waals surface area (Å²) in [4.78, 5) is 15.4. The molecule has 0 bridgehead atoms. The average Bonchev–Trinajstić information content (AvgIpc) is 3.33. The number of fused-ring (bicyclic) bond motifs is 1. The number of amides is 1. The van der Waals surface area contributed by atoms with Crippen molar-refractivity contribution in [2.45, 2.75) is 5.22 Å². The minimum Gasteiger partial charge on any atom is -0.495 e. The van der Waals surface area contributed by atoms with Crippen LogP contribution in [0.5, 0.6) is 5.75 Å². The van der Waals surface area contributed by atoms with Gasteiger partial charge in [0.25, 0.3) is 11.1 Å². The van der Waals surface area contributed by atoms with Crippen LogP contribution in [0.1, 0.15) is 0 Å². The number of benzene rings is 2. The number of thioether (sulfide) groups is 1. The van der Waals surface area contributed by atoms with Gasteiger partial charge in [0.1, 0.15) is 5.75 Å². The van der Waals surface area contributed by atoms with Crippen LogP contribution in [0.3, 0.4) is 0 Å². The number of aromatic amines is 1. The van der Waals surface area contributed by atoms with E-state index in [-0.39, 0.29) is 11.7 Å². The van der Waals surface area contributed by atoms with E-state index >= 15 is 0 Å². The normalized spacial score (nSPS) is 10.9. The van der Waals surface area contributed by atoms with Crippen LogP contribution in [0.4, 0.5) is 5.69 Å². The number of rotatable bonds is 6. The van der Waals surface area contributed by atoms with E-state index in [0.717, 1.165) is 16.5 Å². The number of nitrogens with one attached hydrogen (secondary N) is 2. The molecule has 4 aromatic rings. The average molecular weight is 380 g/mol. The van der Waals surface area contributed by atoms with Gasteiger partial charge in [-0.1, -0.05) is 42.1 Å². The highest BCUT2D eigenvalue weighted by molar-refractivity contribution is 7.99. The van der Waals surface area contributed by atoms with Gasteiger partial charge in [0.05, 0.1) is 24.1 Å². The molecule has 2 aromatic carbocycles. The number of nitrogens with zero attached hydrogens (tertiary/aromatic N) is 2. The topological polar surface area (TPSA) is 93.0 Å². The highest BCUT2D eigenvalue weighted by Gasteiger charge is 2.15. The Bertz CT molecular complexity index is 1090. The van der Waals surface area contributed by atoms with E-state index in [1.165, 1.54) is 11.8 Å². The van der Waals surface area contributed by atoms with Crippen LogP contribution >= 0.6 is 11.8 Å². The summed E-state index contributed by atoms with van der Waals surface area (Å²) in [7, 11) is 1.56. The summed E-state index contributed by atoms with van der Waals surface area (Å²) < 4.78 is 10.9. The molecule has 0 unspecified atom stereocenters. The number of para-hydroxylation sites is 3. The lowest BCUT2D eigenvalue weighted by molar-refractivity contribution is -0.113. The van der Waals surface area contributed by atoms with Gasteiger partial charge in [-0.3, -0.25) is 4.79 Å². The molecule has 0 aliphatic carbocycles. The number of hydrogen-bond acceptors (Lipinski definition) is 6. The molecule has 1 amide bonds. The number of carbonyl (C=O) groups is 1. The predicted octanol–water partition coefficient (Wildman–Crippen LogP) is 3.96. The number of anilines is 1. The molecule has 4 rings (SSSR count). The van der Waals surface area contributed by atoms with Crippen LogP contribution in [-0.2, 0) is 4.79 Å². The Morgan fingerprint density at radius 2 is 2.00 bits per heavy atom. The molecule has 136 valence electrons. The van der Waals surface area contributed by atoms with Crippen molar-refractivity contribution in [3.63, 3.8) is 0 Å². The molecule has 2 N–H and O–H groups in total. The molecule has 7 nitrogen and oxygen atoms in total. The molecule has 0 fully saturated rings. The maximum Gasteiger partial charge on any atom is 0.277 e. The summed E-state index contributed by atoms with van der Waals surface area (Å²) in [6, 6.07) is 15.1. The maximum absolute atomic E-state index is 12.2. The fourth-order valence-corrected chi connectivity index (χ4v) is 3.25. The standard InChI is InChI=1S/C19H16N4O3S/c1-25-16-9-5-4-8-15(16)21-17(24)11-27-19-23-22-18(26-19)13-10-20-14-7-3-2-6-12(13)14/h2-10,20H,11H2,1H3,(H,21,24). The van der Waals surface area contributed by atoms with E-state index in [1.807, 2.05) is 42.6 Å². The number of aromatic nitrogens is 3. The Labute approximate surface area is 159 Å². The first-order chi connectivity index (χ1) is 13.2. The van der Waals surface area contributed by atoms with Gasteiger partial charge in [-0.15, -0.1) is 10.2 Å². The van der Waals surface area contributed by atoms with Gasteiger partial charge in [-0.05, 0) is 18.2 Å². The number of carbonyl (C=O) groups excluding carboxylic acids is 1. The Kier molecular flexibility index (Phi) is 4.80. The first-order valence-electron chi connectivity index (χ1n) is 8.20. The van der Waals surface area contributed by atoms with Crippen LogP contribution < -0.4 is 10.1 Å².